The summed E-state index contributed by atoms with van der Waals surface area (Å²) in [6.07, 6.45) is 0. The van der Waals surface area contributed by atoms with Crippen molar-refractivity contribution in [3.05, 3.63) is 23.8 Å². The molecule has 0 aliphatic rings. The van der Waals surface area contributed by atoms with Crippen molar-refractivity contribution in [3.63, 3.8) is 0 Å². The predicted octanol–water partition coefficient (Wildman–Crippen LogP) is 0.974. The lowest BCUT2D eigenvalue weighted by Crippen LogP contribution is -1.88. The fourth-order valence-electron chi connectivity index (χ4n) is 0.976. The summed E-state index contributed by atoms with van der Waals surface area (Å²) < 4.78 is 26.1. The van der Waals surface area contributed by atoms with Crippen molar-refractivity contribution in [2.75, 3.05) is 7.11 Å². The number of thiol groups is 1. The molecule has 0 spiro atoms. The average Bonchev–Trinajstić information content (AvgIpc) is 2.04. The van der Waals surface area contributed by atoms with Crippen LogP contribution in [0.2, 0.25) is 0 Å². The highest BCUT2D eigenvalue weighted by molar-refractivity contribution is 7.72. The first-order chi connectivity index (χ1) is 5.65. The molecule has 0 aliphatic carbocycles. The molecule has 0 bridgehead atoms. The molecule has 0 N–H and O–H groups in total. The maximum Gasteiger partial charge on any atom is 0.168 e. The normalized spacial score (nSPS) is 10.2. The second-order valence-corrected chi connectivity index (χ2v) is 3.44. The Hall–Kier alpha value is -1.03. The first-order valence-corrected chi connectivity index (χ1v) is 4.62. The standard InChI is InChI=1S/C8H10O3S/c1-6-5-7(12(9)10)3-4-8(6)11-2/h3-5,12H,1-2H3. The van der Waals surface area contributed by atoms with E-state index in [0.717, 1.165) is 5.56 Å². The Labute approximate surface area is 72.9 Å². The molecule has 0 fully saturated rings. The summed E-state index contributed by atoms with van der Waals surface area (Å²) in [7, 11) is -0.930. The van der Waals surface area contributed by atoms with E-state index in [9.17, 15) is 8.42 Å². The van der Waals surface area contributed by atoms with E-state index < -0.39 is 10.7 Å². The monoisotopic (exact) mass is 186 g/mol. The van der Waals surface area contributed by atoms with Crippen molar-refractivity contribution in [2.45, 2.75) is 11.8 Å². The minimum atomic E-state index is -2.48. The second-order valence-electron chi connectivity index (χ2n) is 2.41. The Morgan fingerprint density at radius 2 is 2.00 bits per heavy atom. The highest BCUT2D eigenvalue weighted by atomic mass is 32.2. The van der Waals surface area contributed by atoms with Gasteiger partial charge in [0.15, 0.2) is 10.7 Å². The zero-order chi connectivity index (χ0) is 9.14. The Balaban J connectivity index is 3.18. The van der Waals surface area contributed by atoms with Gasteiger partial charge in [0.25, 0.3) is 0 Å². The van der Waals surface area contributed by atoms with Crippen LogP contribution in [0.3, 0.4) is 0 Å². The molecule has 66 valence electrons. The molecule has 0 aromatic heterocycles. The molecule has 1 aromatic rings. The van der Waals surface area contributed by atoms with Gasteiger partial charge in [-0.05, 0) is 30.7 Å². The molecule has 0 unspecified atom stereocenters. The summed E-state index contributed by atoms with van der Waals surface area (Å²) >= 11 is 0. The molecule has 0 atom stereocenters. The van der Waals surface area contributed by atoms with E-state index in [1.54, 1.807) is 26.2 Å². The molecule has 1 rings (SSSR count). The topological polar surface area (TPSA) is 43.4 Å². The Morgan fingerprint density at radius 1 is 1.33 bits per heavy atom. The van der Waals surface area contributed by atoms with Gasteiger partial charge in [-0.2, -0.15) is 0 Å². The molecule has 0 aliphatic heterocycles. The third-order valence-corrected chi connectivity index (χ3v) is 2.29. The van der Waals surface area contributed by atoms with E-state index >= 15 is 0 Å². The van der Waals surface area contributed by atoms with Crippen molar-refractivity contribution >= 4 is 10.7 Å². The van der Waals surface area contributed by atoms with Crippen molar-refractivity contribution in [2.24, 2.45) is 0 Å². The van der Waals surface area contributed by atoms with E-state index in [0.29, 0.717) is 10.6 Å². The van der Waals surface area contributed by atoms with Crippen molar-refractivity contribution in [1.29, 1.82) is 0 Å². The van der Waals surface area contributed by atoms with E-state index in [4.69, 9.17) is 4.74 Å². The third-order valence-electron chi connectivity index (χ3n) is 1.59. The van der Waals surface area contributed by atoms with Crippen molar-refractivity contribution in [1.82, 2.24) is 0 Å². The molecule has 4 heteroatoms. The van der Waals surface area contributed by atoms with Crippen LogP contribution in [0.1, 0.15) is 5.56 Å². The summed E-state index contributed by atoms with van der Waals surface area (Å²) in [5.41, 5.74) is 0.828. The van der Waals surface area contributed by atoms with Crippen LogP contribution in [-0.4, -0.2) is 15.5 Å². The maximum absolute atomic E-state index is 10.5. The van der Waals surface area contributed by atoms with Crippen LogP contribution >= 0.6 is 0 Å². The van der Waals surface area contributed by atoms with Gasteiger partial charge in [0.2, 0.25) is 0 Å². The number of methoxy groups -OCH3 is 1. The van der Waals surface area contributed by atoms with Gasteiger partial charge in [-0.1, -0.05) is 0 Å². The number of aryl methyl sites for hydroxylation is 1. The smallest absolute Gasteiger partial charge is 0.168 e. The SMILES string of the molecule is COc1ccc([SH](=O)=O)cc1C. The number of hydrogen-bond acceptors (Lipinski definition) is 3. The lowest BCUT2D eigenvalue weighted by Gasteiger charge is -2.03. The molecule has 0 radical (unpaired) electrons. The summed E-state index contributed by atoms with van der Waals surface area (Å²) in [5, 5.41) is 0. The van der Waals surface area contributed by atoms with Crippen molar-refractivity contribution in [3.8, 4) is 5.75 Å². The van der Waals surface area contributed by atoms with E-state index in [2.05, 4.69) is 0 Å². The van der Waals surface area contributed by atoms with Gasteiger partial charge in [-0.15, -0.1) is 0 Å². The number of ether oxygens (including phenoxy) is 1. The highest BCUT2D eigenvalue weighted by Crippen LogP contribution is 2.18. The van der Waals surface area contributed by atoms with Gasteiger partial charge in [0, 0.05) is 0 Å². The third kappa shape index (κ3) is 1.76. The van der Waals surface area contributed by atoms with Gasteiger partial charge in [-0.3, -0.25) is 0 Å². The molecule has 0 saturated carbocycles. The van der Waals surface area contributed by atoms with Crippen LogP contribution < -0.4 is 4.74 Å². The largest absolute Gasteiger partial charge is 0.496 e. The molecular formula is C8H10O3S. The summed E-state index contributed by atoms with van der Waals surface area (Å²) in [5.74, 6) is 0.704. The van der Waals surface area contributed by atoms with Crippen LogP contribution in [-0.2, 0) is 10.7 Å². The van der Waals surface area contributed by atoms with Gasteiger partial charge < -0.3 is 4.74 Å². The summed E-state index contributed by atoms with van der Waals surface area (Å²) in [6, 6.07) is 4.76. The van der Waals surface area contributed by atoms with Gasteiger partial charge in [0.05, 0.1) is 12.0 Å². The minimum Gasteiger partial charge on any atom is -0.496 e. The second kappa shape index (κ2) is 3.58. The number of hydrogen-bond donors (Lipinski definition) is 1. The summed E-state index contributed by atoms with van der Waals surface area (Å²) in [6.45, 7) is 1.81. The first kappa shape index (κ1) is 9.06. The molecule has 12 heavy (non-hydrogen) atoms. The van der Waals surface area contributed by atoms with Crippen molar-refractivity contribution < 1.29 is 13.2 Å². The van der Waals surface area contributed by atoms with Crippen LogP contribution in [0.5, 0.6) is 5.75 Å². The van der Waals surface area contributed by atoms with E-state index in [-0.39, 0.29) is 0 Å². The van der Waals surface area contributed by atoms with Gasteiger partial charge >= 0.3 is 0 Å². The van der Waals surface area contributed by atoms with E-state index in [1.165, 1.54) is 6.07 Å². The number of rotatable bonds is 2. The first-order valence-electron chi connectivity index (χ1n) is 3.44. The minimum absolute atomic E-state index is 0.323. The Morgan fingerprint density at radius 3 is 2.42 bits per heavy atom. The molecule has 0 saturated heterocycles. The molecular weight excluding hydrogens is 176 g/mol. The van der Waals surface area contributed by atoms with Crippen LogP contribution in [0.15, 0.2) is 23.1 Å². The lowest BCUT2D eigenvalue weighted by atomic mass is 10.2. The average molecular weight is 186 g/mol. The zero-order valence-corrected chi connectivity index (χ0v) is 7.80. The Bertz CT molecular complexity index is 347. The molecule has 1 aromatic carbocycles. The van der Waals surface area contributed by atoms with Crippen LogP contribution in [0, 0.1) is 6.92 Å². The number of benzene rings is 1. The predicted molar refractivity (Wildman–Crippen MR) is 46.3 cm³/mol. The van der Waals surface area contributed by atoms with Crippen LogP contribution in [0.25, 0.3) is 0 Å². The zero-order valence-electron chi connectivity index (χ0n) is 6.90. The van der Waals surface area contributed by atoms with E-state index in [1.807, 2.05) is 0 Å². The van der Waals surface area contributed by atoms with Crippen LogP contribution in [0.4, 0.5) is 0 Å². The fourth-order valence-corrected chi connectivity index (χ4v) is 1.47. The fraction of sp³-hybridized carbons (Fsp3) is 0.250. The highest BCUT2D eigenvalue weighted by Gasteiger charge is 2.00. The van der Waals surface area contributed by atoms with Gasteiger partial charge in [0.1, 0.15) is 5.75 Å². The Kier molecular flexibility index (Phi) is 2.70. The molecule has 3 nitrogen and oxygen atoms in total. The quantitative estimate of drug-likeness (QED) is 0.700. The lowest BCUT2D eigenvalue weighted by molar-refractivity contribution is 0.411. The molecule has 0 heterocycles. The van der Waals surface area contributed by atoms with Gasteiger partial charge in [-0.25, -0.2) is 8.42 Å². The maximum atomic E-state index is 10.5. The molecule has 0 amide bonds. The summed E-state index contributed by atoms with van der Waals surface area (Å²) in [4.78, 5) is 0.323.